The normalized spacial score (nSPS) is 19.9. The number of hydrogen-bond donors (Lipinski definition) is 3. The van der Waals surface area contributed by atoms with E-state index >= 15 is 0 Å². The second kappa shape index (κ2) is 8.73. The van der Waals surface area contributed by atoms with Gasteiger partial charge < -0.3 is 20.2 Å². The Bertz CT molecular complexity index is 742. The lowest BCUT2D eigenvalue weighted by Crippen LogP contribution is -2.56. The average molecular weight is 371 g/mol. The lowest BCUT2D eigenvalue weighted by atomic mass is 9.85. The van der Waals surface area contributed by atoms with Gasteiger partial charge >= 0.3 is 12.0 Å². The first-order valence-electron chi connectivity index (χ1n) is 9.18. The first-order valence-corrected chi connectivity index (χ1v) is 9.18. The summed E-state index contributed by atoms with van der Waals surface area (Å²) >= 11 is 0. The van der Waals surface area contributed by atoms with Gasteiger partial charge in [-0.05, 0) is 37.1 Å². The molecule has 2 amide bonds. The van der Waals surface area contributed by atoms with Crippen molar-refractivity contribution in [3.63, 3.8) is 0 Å². The second-order valence-electron chi connectivity index (χ2n) is 6.76. The molecule has 0 saturated heterocycles. The van der Waals surface area contributed by atoms with Crippen LogP contribution in [-0.4, -0.2) is 47.2 Å². The number of carbonyl (C=O) groups is 2. The molecule has 1 saturated carbocycles. The van der Waals surface area contributed by atoms with Crippen molar-refractivity contribution in [1.29, 1.82) is 0 Å². The van der Waals surface area contributed by atoms with Gasteiger partial charge in [-0.25, -0.2) is 4.79 Å². The Labute approximate surface area is 158 Å². The van der Waals surface area contributed by atoms with Crippen molar-refractivity contribution in [2.24, 2.45) is 0 Å². The average Bonchev–Trinajstić information content (AvgIpc) is 3.15. The summed E-state index contributed by atoms with van der Waals surface area (Å²) in [5.74, 6) is -0.156. The number of carboxylic acids is 1. The number of nitrogens with zero attached hydrogens (tertiary/aromatic N) is 1. The summed E-state index contributed by atoms with van der Waals surface area (Å²) in [7, 11) is 0. The van der Waals surface area contributed by atoms with Gasteiger partial charge in [0.2, 0.25) is 0 Å². The predicted octanol–water partition coefficient (Wildman–Crippen LogP) is 2.61. The maximum atomic E-state index is 12.5. The van der Waals surface area contributed by atoms with Crippen LogP contribution in [-0.2, 0) is 4.79 Å². The number of aliphatic carboxylic acids is 1. The molecule has 2 aromatic rings. The smallest absolute Gasteiger partial charge is 0.317 e. The minimum Gasteiger partial charge on any atom is -0.480 e. The van der Waals surface area contributed by atoms with E-state index in [9.17, 15) is 9.59 Å². The molecule has 144 valence electrons. The third kappa shape index (κ3) is 4.89. The molecule has 1 atom stereocenters. The summed E-state index contributed by atoms with van der Waals surface area (Å²) in [6, 6.07) is 12.9. The van der Waals surface area contributed by atoms with Crippen molar-refractivity contribution in [1.82, 2.24) is 15.5 Å². The molecule has 3 rings (SSSR count). The van der Waals surface area contributed by atoms with Crippen molar-refractivity contribution < 1.29 is 19.1 Å². The number of carboxylic acid groups (broad SMARTS) is 1. The van der Waals surface area contributed by atoms with Crippen LogP contribution in [0.4, 0.5) is 4.79 Å². The fourth-order valence-electron chi connectivity index (χ4n) is 3.45. The van der Waals surface area contributed by atoms with Crippen LogP contribution in [0.25, 0.3) is 0 Å². The van der Waals surface area contributed by atoms with E-state index in [0.29, 0.717) is 12.3 Å². The highest BCUT2D eigenvalue weighted by Gasteiger charge is 2.35. The van der Waals surface area contributed by atoms with Gasteiger partial charge in [-0.2, -0.15) is 0 Å². The van der Waals surface area contributed by atoms with Crippen molar-refractivity contribution in [3.8, 4) is 0 Å². The largest absolute Gasteiger partial charge is 0.480 e. The zero-order valence-electron chi connectivity index (χ0n) is 15.3. The van der Waals surface area contributed by atoms with Gasteiger partial charge in [0.1, 0.15) is 11.8 Å². The molecule has 1 aliphatic carbocycles. The van der Waals surface area contributed by atoms with Crippen LogP contribution in [0.15, 0.2) is 53.1 Å². The molecule has 1 unspecified atom stereocenters. The molecule has 0 aliphatic heterocycles. The molecule has 0 bridgehead atoms. The summed E-state index contributed by atoms with van der Waals surface area (Å²) in [5, 5.41) is 14.9. The zero-order chi connectivity index (χ0) is 19.2. The molecule has 3 N–H and O–H groups in total. The Morgan fingerprint density at radius 1 is 1.22 bits per heavy atom. The quantitative estimate of drug-likeness (QED) is 0.663. The Morgan fingerprint density at radius 2 is 1.96 bits per heavy atom. The van der Waals surface area contributed by atoms with Crippen LogP contribution in [0, 0.1) is 0 Å². The number of urea groups is 1. The number of amides is 2. The Balaban J connectivity index is 1.55. The predicted molar refractivity (Wildman–Crippen MR) is 100 cm³/mol. The first kappa shape index (κ1) is 19.0. The third-order valence-electron chi connectivity index (χ3n) is 4.95. The van der Waals surface area contributed by atoms with Gasteiger partial charge in [0.15, 0.2) is 0 Å². The molecule has 0 spiro atoms. The van der Waals surface area contributed by atoms with Gasteiger partial charge in [-0.3, -0.25) is 9.69 Å². The molecule has 7 heteroatoms. The van der Waals surface area contributed by atoms with Crippen LogP contribution >= 0.6 is 0 Å². The lowest BCUT2D eigenvalue weighted by molar-refractivity contribution is -0.139. The Hall–Kier alpha value is -2.80. The van der Waals surface area contributed by atoms with E-state index in [1.807, 2.05) is 48.2 Å². The highest BCUT2D eigenvalue weighted by molar-refractivity contribution is 5.75. The van der Waals surface area contributed by atoms with Crippen molar-refractivity contribution in [2.45, 2.75) is 37.9 Å². The number of rotatable bonds is 8. The van der Waals surface area contributed by atoms with Crippen LogP contribution in [0.2, 0.25) is 0 Å². The van der Waals surface area contributed by atoms with Crippen molar-refractivity contribution in [3.05, 3.63) is 60.1 Å². The molecule has 1 aromatic heterocycles. The van der Waals surface area contributed by atoms with Crippen molar-refractivity contribution in [2.75, 3.05) is 13.1 Å². The van der Waals surface area contributed by atoms with E-state index < -0.39 is 5.97 Å². The van der Waals surface area contributed by atoms with Crippen LogP contribution in [0.5, 0.6) is 0 Å². The summed E-state index contributed by atoms with van der Waals surface area (Å²) in [4.78, 5) is 25.3. The first-order chi connectivity index (χ1) is 13.1. The number of furan rings is 1. The number of likely N-dealkylation sites (N-methyl/N-ethyl adjacent to an activating group) is 1. The minimum atomic E-state index is -0.824. The van der Waals surface area contributed by atoms with E-state index in [1.165, 1.54) is 0 Å². The topological polar surface area (TPSA) is 94.8 Å². The second-order valence-corrected chi connectivity index (χ2v) is 6.76. The SMILES string of the molecule is CCN(CC(=O)O)C1CC(NC(=O)NC(c2ccccc2)c2ccco2)C1. The molecular formula is C20H25N3O4. The highest BCUT2D eigenvalue weighted by Crippen LogP contribution is 2.26. The number of carbonyl (C=O) groups excluding carboxylic acids is 1. The monoisotopic (exact) mass is 371 g/mol. The molecule has 27 heavy (non-hydrogen) atoms. The molecule has 1 aromatic carbocycles. The molecular weight excluding hydrogens is 346 g/mol. The molecule has 7 nitrogen and oxygen atoms in total. The highest BCUT2D eigenvalue weighted by atomic mass is 16.4. The van der Waals surface area contributed by atoms with Gasteiger partial charge in [-0.15, -0.1) is 0 Å². The zero-order valence-corrected chi connectivity index (χ0v) is 15.3. The van der Waals surface area contributed by atoms with Crippen LogP contribution in [0.1, 0.15) is 37.1 Å². The van der Waals surface area contributed by atoms with Crippen molar-refractivity contribution >= 4 is 12.0 Å². The van der Waals surface area contributed by atoms with Crippen LogP contribution in [0.3, 0.4) is 0 Å². The van der Waals surface area contributed by atoms with E-state index in [4.69, 9.17) is 9.52 Å². The van der Waals surface area contributed by atoms with E-state index in [0.717, 1.165) is 18.4 Å². The summed E-state index contributed by atoms with van der Waals surface area (Å²) in [6.45, 7) is 2.67. The minimum absolute atomic E-state index is 0.0364. The fraction of sp³-hybridized carbons (Fsp3) is 0.400. The Kier molecular flexibility index (Phi) is 6.13. The van der Waals surface area contributed by atoms with Gasteiger partial charge in [-0.1, -0.05) is 37.3 Å². The van der Waals surface area contributed by atoms with Gasteiger partial charge in [0, 0.05) is 12.1 Å². The van der Waals surface area contributed by atoms with Gasteiger partial charge in [0.05, 0.1) is 12.8 Å². The summed E-state index contributed by atoms with van der Waals surface area (Å²) in [5.41, 5.74) is 0.938. The molecule has 1 aliphatic rings. The number of benzene rings is 1. The lowest BCUT2D eigenvalue weighted by Gasteiger charge is -2.42. The van der Waals surface area contributed by atoms with E-state index in [1.54, 1.807) is 12.3 Å². The van der Waals surface area contributed by atoms with E-state index in [-0.39, 0.29) is 30.7 Å². The molecule has 0 radical (unpaired) electrons. The van der Waals surface area contributed by atoms with Gasteiger partial charge in [0.25, 0.3) is 0 Å². The molecule has 1 heterocycles. The summed E-state index contributed by atoms with van der Waals surface area (Å²) < 4.78 is 5.49. The maximum Gasteiger partial charge on any atom is 0.317 e. The third-order valence-corrected chi connectivity index (χ3v) is 4.95. The van der Waals surface area contributed by atoms with E-state index in [2.05, 4.69) is 10.6 Å². The number of nitrogens with one attached hydrogen (secondary N) is 2. The Morgan fingerprint density at radius 3 is 2.56 bits per heavy atom. The standard InChI is InChI=1S/C20H25N3O4/c1-2-23(13-18(24)25)16-11-15(12-16)21-20(26)22-19(17-9-6-10-27-17)14-7-4-3-5-8-14/h3-10,15-16,19H,2,11-13H2,1H3,(H,24,25)(H2,21,22,26). The number of hydrogen-bond acceptors (Lipinski definition) is 4. The molecule has 1 fully saturated rings. The maximum absolute atomic E-state index is 12.5. The van der Waals surface area contributed by atoms with Crippen LogP contribution < -0.4 is 10.6 Å². The summed E-state index contributed by atoms with van der Waals surface area (Å²) in [6.07, 6.45) is 3.10. The fourth-order valence-corrected chi connectivity index (χ4v) is 3.45.